The van der Waals surface area contributed by atoms with Crippen LogP contribution in [0.4, 0.5) is 0 Å². The second kappa shape index (κ2) is 16.6. The van der Waals surface area contributed by atoms with Crippen molar-refractivity contribution < 1.29 is 14.3 Å². The Hall–Kier alpha value is -3.93. The van der Waals surface area contributed by atoms with Crippen molar-refractivity contribution in [1.82, 2.24) is 40.1 Å². The van der Waals surface area contributed by atoms with Gasteiger partial charge in [0, 0.05) is 49.0 Å². The lowest BCUT2D eigenvalue weighted by molar-refractivity contribution is 0.0926. The maximum Gasteiger partial charge on any atom is 0.272 e. The van der Waals surface area contributed by atoms with Gasteiger partial charge in [0.15, 0.2) is 5.69 Å². The predicted molar refractivity (Wildman–Crippen MR) is 203 cm³/mol. The number of likely N-dealkylation sites (tertiary alicyclic amines) is 2. The smallest absolute Gasteiger partial charge is 0.272 e. The monoisotopic (exact) mass is 696 g/mol. The van der Waals surface area contributed by atoms with Gasteiger partial charge in [-0.2, -0.15) is 5.10 Å². The summed E-state index contributed by atoms with van der Waals surface area (Å²) in [5.41, 5.74) is 3.30. The number of nitrogens with zero attached hydrogens (tertiary/aromatic N) is 5. The zero-order valence-electron chi connectivity index (χ0n) is 30.5. The van der Waals surface area contributed by atoms with E-state index in [0.717, 1.165) is 119 Å². The Bertz CT molecular complexity index is 1780. The molecule has 0 spiro atoms. The van der Waals surface area contributed by atoms with Crippen LogP contribution in [0.3, 0.4) is 0 Å². The van der Waals surface area contributed by atoms with E-state index >= 15 is 0 Å². The molecule has 2 saturated heterocycles. The number of piperidine rings is 2. The SMILES string of the molecule is CC(C)n1nc(C(=O)NCCN2CCC(NCCCCN3CCC(CNC(=O)c4c5n(c6ccccc46)CCCO5)CC3)CC2)c2ccccc21. The zero-order valence-corrected chi connectivity index (χ0v) is 30.5. The molecule has 0 saturated carbocycles. The van der Waals surface area contributed by atoms with Crippen molar-refractivity contribution in [3.8, 4) is 5.88 Å². The number of hydrogen-bond acceptors (Lipinski definition) is 7. The Kier molecular flexibility index (Phi) is 11.5. The number of hydrogen-bond donors (Lipinski definition) is 3. The van der Waals surface area contributed by atoms with E-state index in [1.807, 2.05) is 47.1 Å². The second-order valence-electron chi connectivity index (χ2n) is 15.0. The first-order chi connectivity index (χ1) is 25.0. The number of para-hydroxylation sites is 2. The number of nitrogens with one attached hydrogen (secondary N) is 3. The molecule has 2 amide bonds. The Morgan fingerprint density at radius 2 is 1.51 bits per heavy atom. The molecule has 3 N–H and O–H groups in total. The van der Waals surface area contributed by atoms with Gasteiger partial charge in [0.2, 0.25) is 5.88 Å². The van der Waals surface area contributed by atoms with Gasteiger partial charge in [-0.1, -0.05) is 36.4 Å². The van der Waals surface area contributed by atoms with Crippen LogP contribution >= 0.6 is 0 Å². The summed E-state index contributed by atoms with van der Waals surface area (Å²) in [6.07, 6.45) is 7.94. The van der Waals surface area contributed by atoms with Crippen molar-refractivity contribution in [2.24, 2.45) is 5.92 Å². The molecule has 274 valence electrons. The number of aryl methyl sites for hydroxylation is 1. The summed E-state index contributed by atoms with van der Waals surface area (Å²) in [5, 5.41) is 16.7. The molecule has 4 aromatic rings. The van der Waals surface area contributed by atoms with Crippen LogP contribution in [0.5, 0.6) is 5.88 Å². The number of rotatable bonds is 14. The number of carbonyl (C=O) groups is 2. The second-order valence-corrected chi connectivity index (χ2v) is 15.0. The van der Waals surface area contributed by atoms with E-state index in [-0.39, 0.29) is 17.9 Å². The molecule has 5 heterocycles. The fourth-order valence-corrected chi connectivity index (χ4v) is 8.19. The fraction of sp³-hybridized carbons (Fsp3) is 0.575. The highest BCUT2D eigenvalue weighted by atomic mass is 16.5. The van der Waals surface area contributed by atoms with Crippen LogP contribution in [0.15, 0.2) is 48.5 Å². The average molecular weight is 697 g/mol. The molecule has 3 aliphatic heterocycles. The first-order valence-electron chi connectivity index (χ1n) is 19.4. The van der Waals surface area contributed by atoms with Crippen LogP contribution in [0.25, 0.3) is 21.8 Å². The number of amides is 2. The summed E-state index contributed by atoms with van der Waals surface area (Å²) < 4.78 is 10.1. The minimum Gasteiger partial charge on any atom is -0.478 e. The van der Waals surface area contributed by atoms with E-state index in [0.29, 0.717) is 36.4 Å². The van der Waals surface area contributed by atoms with Gasteiger partial charge in [-0.05, 0) is 116 Å². The zero-order chi connectivity index (χ0) is 35.2. The highest BCUT2D eigenvalue weighted by Crippen LogP contribution is 2.34. The number of fused-ring (bicyclic) bond motifs is 4. The maximum atomic E-state index is 13.4. The van der Waals surface area contributed by atoms with E-state index in [9.17, 15) is 9.59 Å². The van der Waals surface area contributed by atoms with Crippen LogP contribution in [0.1, 0.15) is 85.7 Å². The molecule has 2 aromatic carbocycles. The van der Waals surface area contributed by atoms with Crippen molar-refractivity contribution >= 4 is 33.6 Å². The third-order valence-corrected chi connectivity index (χ3v) is 11.1. The summed E-state index contributed by atoms with van der Waals surface area (Å²) >= 11 is 0. The quantitative estimate of drug-likeness (QED) is 0.158. The van der Waals surface area contributed by atoms with Gasteiger partial charge in [0.05, 0.1) is 17.6 Å². The fourth-order valence-electron chi connectivity index (χ4n) is 8.19. The van der Waals surface area contributed by atoms with Crippen molar-refractivity contribution in [3.63, 3.8) is 0 Å². The number of unbranched alkanes of at least 4 members (excludes halogenated alkanes) is 1. The van der Waals surface area contributed by atoms with E-state index in [1.165, 1.54) is 12.8 Å². The minimum absolute atomic E-state index is 0.00780. The third kappa shape index (κ3) is 8.26. The van der Waals surface area contributed by atoms with E-state index in [2.05, 4.69) is 55.3 Å². The lowest BCUT2D eigenvalue weighted by atomic mass is 9.96. The maximum absolute atomic E-state index is 13.4. The van der Waals surface area contributed by atoms with Gasteiger partial charge in [-0.25, -0.2) is 0 Å². The van der Waals surface area contributed by atoms with Crippen LogP contribution in [0.2, 0.25) is 0 Å². The summed E-state index contributed by atoms with van der Waals surface area (Å²) in [6.45, 7) is 14.5. The van der Waals surface area contributed by atoms with E-state index < -0.39 is 0 Å². The first-order valence-corrected chi connectivity index (χ1v) is 19.4. The number of ether oxygens (including phenoxy) is 1. The molecule has 3 aliphatic rings. The molecule has 51 heavy (non-hydrogen) atoms. The topological polar surface area (TPSA) is 109 Å². The highest BCUT2D eigenvalue weighted by molar-refractivity contribution is 6.10. The summed E-state index contributed by atoms with van der Waals surface area (Å²) in [7, 11) is 0. The third-order valence-electron chi connectivity index (χ3n) is 11.1. The van der Waals surface area contributed by atoms with Gasteiger partial charge in [-0.3, -0.25) is 14.3 Å². The van der Waals surface area contributed by atoms with Crippen molar-refractivity contribution in [1.29, 1.82) is 0 Å². The molecular formula is C40H56N8O3. The summed E-state index contributed by atoms with van der Waals surface area (Å²) in [4.78, 5) is 31.4. The van der Waals surface area contributed by atoms with Crippen molar-refractivity contribution in [2.45, 2.75) is 77.4 Å². The Labute approximate surface area is 302 Å². The molecule has 0 unspecified atom stereocenters. The Morgan fingerprint density at radius 1 is 0.804 bits per heavy atom. The first kappa shape index (κ1) is 35.5. The number of carbonyl (C=O) groups excluding carboxylic acids is 2. The van der Waals surface area contributed by atoms with E-state index in [4.69, 9.17) is 4.74 Å². The molecule has 7 rings (SSSR count). The Balaban J connectivity index is 0.737. The van der Waals surface area contributed by atoms with Crippen molar-refractivity contribution in [2.75, 3.05) is 65.5 Å². The van der Waals surface area contributed by atoms with Crippen LogP contribution in [-0.2, 0) is 6.54 Å². The largest absolute Gasteiger partial charge is 0.478 e. The molecular weight excluding hydrogens is 640 g/mol. The molecule has 0 bridgehead atoms. The normalized spacial score (nSPS) is 17.9. The molecule has 0 aliphatic carbocycles. The van der Waals surface area contributed by atoms with Gasteiger partial charge in [0.25, 0.3) is 11.8 Å². The minimum atomic E-state index is -0.0914. The van der Waals surface area contributed by atoms with Gasteiger partial charge in [0.1, 0.15) is 5.56 Å². The van der Waals surface area contributed by atoms with Crippen LogP contribution < -0.4 is 20.7 Å². The average Bonchev–Trinajstić information content (AvgIpc) is 3.72. The summed E-state index contributed by atoms with van der Waals surface area (Å²) in [5.74, 6) is 1.15. The standard InChI is InChI=1S/C40H56N8O3/c1-29(2)48-35-13-6-4-11-33(35)37(44-48)39(50)42-19-26-46-24-16-31(17-25-46)41-18-7-8-20-45-22-14-30(15-23-45)28-43-38(49)36-32-10-3-5-12-34(32)47-21-9-27-51-40(36)47/h3-6,10-13,29-31,41H,7-9,14-28H2,1-2H3,(H,42,50)(H,43,49). The molecule has 11 heteroatoms. The lowest BCUT2D eigenvalue weighted by Crippen LogP contribution is -2.45. The van der Waals surface area contributed by atoms with Gasteiger partial charge >= 0.3 is 0 Å². The highest BCUT2D eigenvalue weighted by Gasteiger charge is 2.27. The number of benzene rings is 2. The van der Waals surface area contributed by atoms with Crippen molar-refractivity contribution in [3.05, 3.63) is 59.8 Å². The van der Waals surface area contributed by atoms with Gasteiger partial charge in [-0.15, -0.1) is 0 Å². The predicted octanol–water partition coefficient (Wildman–Crippen LogP) is 5.06. The Morgan fingerprint density at radius 3 is 2.29 bits per heavy atom. The molecule has 0 radical (unpaired) electrons. The lowest BCUT2D eigenvalue weighted by Gasteiger charge is -2.33. The summed E-state index contributed by atoms with van der Waals surface area (Å²) in [6, 6.07) is 16.9. The molecule has 0 atom stereocenters. The van der Waals surface area contributed by atoms with Crippen LogP contribution in [-0.4, -0.2) is 108 Å². The van der Waals surface area contributed by atoms with E-state index in [1.54, 1.807) is 0 Å². The molecule has 2 fully saturated rings. The molecule has 11 nitrogen and oxygen atoms in total. The van der Waals surface area contributed by atoms with Crippen LogP contribution in [0, 0.1) is 5.92 Å². The van der Waals surface area contributed by atoms with Gasteiger partial charge < -0.3 is 35.1 Å². The number of aromatic nitrogens is 3. The molecule has 2 aromatic heterocycles.